The van der Waals surface area contributed by atoms with Crippen LogP contribution in [-0.2, 0) is 11.2 Å². The molecule has 3 saturated heterocycles. The van der Waals surface area contributed by atoms with Crippen LogP contribution in [-0.4, -0.2) is 112 Å². The van der Waals surface area contributed by atoms with E-state index < -0.39 is 52.9 Å². The molecular weight excluding hydrogens is 698 g/mol. The number of hydrogen-bond acceptors (Lipinski definition) is 11. The third kappa shape index (κ3) is 6.58. The van der Waals surface area contributed by atoms with E-state index in [0.29, 0.717) is 18.4 Å². The molecule has 4 aromatic rings. The number of aryl methyl sites for hydroxylation is 1. The number of phenols is 1. The summed E-state index contributed by atoms with van der Waals surface area (Å²) in [6.07, 6.45) is -2.57. The highest BCUT2D eigenvalue weighted by Crippen LogP contribution is 2.51. The van der Waals surface area contributed by atoms with Crippen molar-refractivity contribution >= 4 is 49.3 Å². The first-order chi connectivity index (χ1) is 25.0. The molecule has 5 heterocycles. The van der Waals surface area contributed by atoms with Crippen molar-refractivity contribution in [2.24, 2.45) is 11.7 Å². The Morgan fingerprint density at radius 2 is 1.89 bits per heavy atom. The van der Waals surface area contributed by atoms with Crippen molar-refractivity contribution in [1.29, 1.82) is 0 Å². The lowest BCUT2D eigenvalue weighted by atomic mass is 9.52. The number of fused-ring (bicyclic) bond motifs is 3. The minimum atomic E-state index is -2.42. The second kappa shape index (κ2) is 13.5. The molecule has 0 spiro atoms. The molecule has 7 rings (SSSR count). The average Bonchev–Trinajstić information content (AvgIpc) is 3.56. The number of nitrogens with two attached hydrogens (primary N) is 1. The summed E-state index contributed by atoms with van der Waals surface area (Å²) >= 11 is 0. The lowest BCUT2D eigenvalue weighted by molar-refractivity contribution is -0.260. The van der Waals surface area contributed by atoms with Crippen LogP contribution >= 0.6 is 0 Å². The Kier molecular flexibility index (Phi) is 9.38. The molecule has 0 aliphatic carbocycles. The van der Waals surface area contributed by atoms with E-state index in [1.165, 1.54) is 30.5 Å². The number of aliphatic hydroxyl groups is 2. The van der Waals surface area contributed by atoms with Crippen LogP contribution in [0.1, 0.15) is 44.6 Å². The second-order valence-electron chi connectivity index (χ2n) is 14.4. The number of alkyl halides is 2. The summed E-state index contributed by atoms with van der Waals surface area (Å²) in [5, 5.41) is 30.2. The third-order valence-corrected chi connectivity index (χ3v) is 10.5. The molecule has 3 fully saturated rings. The van der Waals surface area contributed by atoms with Gasteiger partial charge in [0.2, 0.25) is 5.91 Å². The van der Waals surface area contributed by atoms with Crippen molar-refractivity contribution < 1.29 is 47.1 Å². The maximum absolute atomic E-state index is 17.1. The van der Waals surface area contributed by atoms with Gasteiger partial charge in [0.25, 0.3) is 0 Å². The fourth-order valence-electron chi connectivity index (χ4n) is 8.26. The Balaban J connectivity index is 1.38. The number of nitrogens with zero attached hydrogens (tertiary/aromatic N) is 5. The van der Waals surface area contributed by atoms with E-state index in [-0.39, 0.29) is 102 Å². The summed E-state index contributed by atoms with van der Waals surface area (Å²) in [6.45, 7) is 1.58. The van der Waals surface area contributed by atoms with Gasteiger partial charge in [-0.3, -0.25) is 4.98 Å². The normalized spacial score (nSPS) is 24.5. The molecule has 4 unspecified atom stereocenters. The Morgan fingerprint density at radius 3 is 2.62 bits per heavy atom. The van der Waals surface area contributed by atoms with Gasteiger partial charge in [0.15, 0.2) is 5.82 Å². The number of anilines is 1. The number of aromatic hydroxyl groups is 1. The lowest BCUT2D eigenvalue weighted by Crippen LogP contribution is -2.66. The van der Waals surface area contributed by atoms with Crippen molar-refractivity contribution in [2.75, 3.05) is 31.1 Å². The van der Waals surface area contributed by atoms with Gasteiger partial charge >= 0.3 is 12.1 Å². The first-order valence-electron chi connectivity index (χ1n) is 17.2. The van der Waals surface area contributed by atoms with Crippen LogP contribution in [0, 0.1) is 17.6 Å². The number of carbonyl (C=O) groups excluding carboxylic acids is 1. The van der Waals surface area contributed by atoms with Crippen molar-refractivity contribution in [3.8, 4) is 23.0 Å². The van der Waals surface area contributed by atoms with Gasteiger partial charge < -0.3 is 35.4 Å². The van der Waals surface area contributed by atoms with Crippen LogP contribution < -0.4 is 15.4 Å². The number of primary amides is 1. The Bertz CT molecular complexity index is 2090. The Labute approximate surface area is 304 Å². The fourth-order valence-corrected chi connectivity index (χ4v) is 8.26. The minimum Gasteiger partial charge on any atom is -0.508 e. The number of aromatic nitrogens is 3. The lowest BCUT2D eigenvalue weighted by Gasteiger charge is -2.47. The highest BCUT2D eigenvalue weighted by molar-refractivity contribution is 6.40. The zero-order valence-electron chi connectivity index (χ0n) is 28.7. The van der Waals surface area contributed by atoms with E-state index in [1.54, 1.807) is 4.90 Å². The number of hydrogen-bond donors (Lipinski definition) is 4. The maximum atomic E-state index is 17.1. The molecule has 3 aliphatic rings. The first kappa shape index (κ1) is 36.9. The van der Waals surface area contributed by atoms with Crippen LogP contribution in [0.2, 0.25) is 0 Å². The molecule has 276 valence electrons. The number of carbonyl (C=O) groups is 1. The monoisotopic (exact) mass is 734 g/mol. The molecule has 5 N–H and O–H groups in total. The van der Waals surface area contributed by atoms with Crippen molar-refractivity contribution in [3.05, 3.63) is 47.7 Å². The summed E-state index contributed by atoms with van der Waals surface area (Å²) in [4.78, 5) is 26.9. The number of amides is 1. The maximum Gasteiger partial charge on any atom is 0.404 e. The second-order valence-corrected chi connectivity index (χ2v) is 14.4. The smallest absolute Gasteiger partial charge is 0.404 e. The van der Waals surface area contributed by atoms with Gasteiger partial charge in [-0.05, 0) is 66.1 Å². The van der Waals surface area contributed by atoms with Gasteiger partial charge in [0, 0.05) is 43.1 Å². The molecule has 12 nitrogen and oxygen atoms in total. The standard InChI is InChI=1S/C35H36B2F4N6O6/c1-17-9-19(38)15-46(14-17)30-24-13-43-28(23-11-21(48)10-18-4-5-25(40)22(26(18)23)3-2-8-52-31(42)49)27(41)29(24)44-32(45-30)53-35(36,37)33-6-7-34(50,51)47(33)16-20(39)12-33/h4-5,10-11,13,17,19-20,48,50-51H,2-3,6-9,12,14-16H2,1H3,(H2,42,49). The highest BCUT2D eigenvalue weighted by Gasteiger charge is 2.65. The summed E-state index contributed by atoms with van der Waals surface area (Å²) in [5.41, 5.74) is 2.88. The van der Waals surface area contributed by atoms with E-state index >= 15 is 8.78 Å². The van der Waals surface area contributed by atoms with Crippen molar-refractivity contribution in [2.45, 2.75) is 74.6 Å². The van der Waals surface area contributed by atoms with Crippen molar-refractivity contribution in [3.63, 3.8) is 0 Å². The van der Waals surface area contributed by atoms with Crippen molar-refractivity contribution in [1.82, 2.24) is 19.9 Å². The van der Waals surface area contributed by atoms with Gasteiger partial charge in [0.1, 0.15) is 56.6 Å². The van der Waals surface area contributed by atoms with E-state index in [9.17, 15) is 28.9 Å². The van der Waals surface area contributed by atoms with Gasteiger partial charge in [0.05, 0.1) is 24.1 Å². The molecule has 18 heteroatoms. The molecule has 53 heavy (non-hydrogen) atoms. The van der Waals surface area contributed by atoms with Gasteiger partial charge in [-0.15, -0.1) is 0 Å². The van der Waals surface area contributed by atoms with Crippen LogP contribution in [0.5, 0.6) is 11.8 Å². The predicted molar refractivity (Wildman–Crippen MR) is 187 cm³/mol. The van der Waals surface area contributed by atoms with E-state index in [4.69, 9.17) is 30.9 Å². The highest BCUT2D eigenvalue weighted by atomic mass is 19.1. The predicted octanol–water partition coefficient (Wildman–Crippen LogP) is 3.63. The van der Waals surface area contributed by atoms with E-state index in [1.807, 2.05) is 6.92 Å². The zero-order chi connectivity index (χ0) is 38.0. The van der Waals surface area contributed by atoms with Gasteiger partial charge in [-0.2, -0.15) is 9.97 Å². The molecule has 3 aliphatic heterocycles. The molecule has 2 aromatic carbocycles. The Hall–Kier alpha value is -4.41. The molecule has 0 saturated carbocycles. The van der Waals surface area contributed by atoms with Crippen LogP contribution in [0.4, 0.5) is 28.2 Å². The molecule has 1 amide bonds. The first-order valence-corrected chi connectivity index (χ1v) is 17.2. The number of phenolic OH excluding ortho intramolecular Hbond substituents is 1. The number of halogens is 4. The molecule has 4 atom stereocenters. The quantitative estimate of drug-likeness (QED) is 0.0859. The van der Waals surface area contributed by atoms with Gasteiger partial charge in [-0.1, -0.05) is 13.0 Å². The summed E-state index contributed by atoms with van der Waals surface area (Å²) < 4.78 is 73.1. The SMILES string of the molecule is [B]C([B])(Oc1nc(N2CC(C)CC(F)C2)c2cnc(-c3cc(O)cc4ccc(F)c(CCCOC(N)=O)c34)c(F)c2n1)C12CCC(O)(O)N1CC(F)C2. The largest absolute Gasteiger partial charge is 0.508 e. The zero-order valence-corrected chi connectivity index (χ0v) is 28.7. The van der Waals surface area contributed by atoms with Crippen LogP contribution in [0.25, 0.3) is 32.9 Å². The van der Waals surface area contributed by atoms with E-state index in [2.05, 4.69) is 15.0 Å². The van der Waals surface area contributed by atoms with Crippen LogP contribution in [0.15, 0.2) is 30.5 Å². The minimum absolute atomic E-state index is 0.0115. The number of piperidine rings is 1. The number of pyridine rings is 1. The third-order valence-electron chi connectivity index (χ3n) is 10.5. The summed E-state index contributed by atoms with van der Waals surface area (Å²) in [6, 6.07) is 4.66. The molecular formula is C35H36B2F4N6O6. The number of ether oxygens (including phenoxy) is 2. The number of rotatable bonds is 9. The average molecular weight is 734 g/mol. The summed E-state index contributed by atoms with van der Waals surface area (Å²) in [5.74, 6) is -4.44. The topological polar surface area (TPSA) is 167 Å². The van der Waals surface area contributed by atoms with Gasteiger partial charge in [-0.25, -0.2) is 27.3 Å². The molecule has 2 aromatic heterocycles. The fraction of sp³-hybridized carbons (Fsp3) is 0.486. The number of benzene rings is 2. The van der Waals surface area contributed by atoms with E-state index in [0.717, 1.165) is 4.90 Å². The summed E-state index contributed by atoms with van der Waals surface area (Å²) in [7, 11) is 13.1. The Morgan fingerprint density at radius 1 is 1.11 bits per heavy atom. The van der Waals surface area contributed by atoms with Crippen LogP contribution in [0.3, 0.4) is 0 Å². The molecule has 4 radical (unpaired) electrons. The molecule has 0 bridgehead atoms.